The Bertz CT molecular complexity index is 159. The Balaban J connectivity index is 3.37. The van der Waals surface area contributed by atoms with E-state index in [9.17, 15) is 13.2 Å². The van der Waals surface area contributed by atoms with Crippen molar-refractivity contribution >= 4 is 0 Å². The van der Waals surface area contributed by atoms with Crippen LogP contribution in [0, 0.1) is 5.92 Å². The van der Waals surface area contributed by atoms with E-state index in [4.69, 9.17) is 9.84 Å². The van der Waals surface area contributed by atoms with Gasteiger partial charge in [0.25, 0.3) is 0 Å². The maximum Gasteiger partial charge on any atom is 0.411 e. The predicted molar refractivity (Wildman–Crippen MR) is 48.5 cm³/mol. The number of halogens is 3. The first kappa shape index (κ1) is 14.7. The topological polar surface area (TPSA) is 38.7 Å². The van der Waals surface area contributed by atoms with E-state index in [0.717, 1.165) is 0 Å². The van der Waals surface area contributed by atoms with Gasteiger partial charge in [-0.15, -0.1) is 0 Å². The van der Waals surface area contributed by atoms with Gasteiger partial charge in [0, 0.05) is 6.61 Å². The molecule has 6 heteroatoms. The average Bonchev–Trinajstić information content (AvgIpc) is 2.00. The van der Waals surface area contributed by atoms with Gasteiger partial charge in [0.2, 0.25) is 0 Å². The van der Waals surface area contributed by atoms with E-state index >= 15 is 0 Å². The van der Waals surface area contributed by atoms with Crippen LogP contribution in [0.15, 0.2) is 0 Å². The van der Waals surface area contributed by atoms with E-state index in [0.29, 0.717) is 12.5 Å². The highest BCUT2D eigenvalue weighted by Gasteiger charge is 2.27. The minimum atomic E-state index is -4.35. The molecule has 0 saturated carbocycles. The second kappa shape index (κ2) is 7.03. The normalized spacial score (nSPS) is 14.6. The molecular formula is C9H17F3O3. The summed E-state index contributed by atoms with van der Waals surface area (Å²) in [5.41, 5.74) is 0. The summed E-state index contributed by atoms with van der Waals surface area (Å²) < 4.78 is 44.2. The molecule has 1 atom stereocenters. The minimum absolute atomic E-state index is 0.00393. The molecule has 0 unspecified atom stereocenters. The van der Waals surface area contributed by atoms with Gasteiger partial charge >= 0.3 is 6.18 Å². The Labute approximate surface area is 87.2 Å². The number of aliphatic hydroxyl groups excluding tert-OH is 1. The monoisotopic (exact) mass is 230 g/mol. The first-order valence-electron chi connectivity index (χ1n) is 4.71. The summed E-state index contributed by atoms with van der Waals surface area (Å²) in [6.07, 6.45) is -5.36. The Hall–Kier alpha value is -0.330. The molecule has 0 aromatic rings. The van der Waals surface area contributed by atoms with Crippen molar-refractivity contribution in [3.63, 3.8) is 0 Å². The third-order valence-electron chi connectivity index (χ3n) is 1.34. The van der Waals surface area contributed by atoms with Crippen LogP contribution in [0.25, 0.3) is 0 Å². The zero-order valence-corrected chi connectivity index (χ0v) is 8.88. The van der Waals surface area contributed by atoms with Gasteiger partial charge in [0.15, 0.2) is 0 Å². The SMILES string of the molecule is CC(C)COC[C@H](O)COCC(F)(F)F. The van der Waals surface area contributed by atoms with Crippen molar-refractivity contribution < 1.29 is 27.8 Å². The number of hydrogen-bond donors (Lipinski definition) is 1. The van der Waals surface area contributed by atoms with Crippen molar-refractivity contribution in [1.29, 1.82) is 0 Å². The number of aliphatic hydroxyl groups is 1. The second-order valence-electron chi connectivity index (χ2n) is 3.72. The summed E-state index contributed by atoms with van der Waals surface area (Å²) in [6, 6.07) is 0. The highest BCUT2D eigenvalue weighted by molar-refractivity contribution is 4.54. The van der Waals surface area contributed by atoms with Gasteiger partial charge in [-0.2, -0.15) is 13.2 Å². The van der Waals surface area contributed by atoms with Crippen molar-refractivity contribution in [3.8, 4) is 0 Å². The number of alkyl halides is 3. The molecular weight excluding hydrogens is 213 g/mol. The first-order valence-corrected chi connectivity index (χ1v) is 4.71. The molecule has 3 nitrogen and oxygen atoms in total. The highest BCUT2D eigenvalue weighted by atomic mass is 19.4. The maximum absolute atomic E-state index is 11.6. The molecule has 0 aromatic carbocycles. The van der Waals surface area contributed by atoms with Crippen LogP contribution in [0.1, 0.15) is 13.8 Å². The molecule has 0 radical (unpaired) electrons. The second-order valence-corrected chi connectivity index (χ2v) is 3.72. The number of ether oxygens (including phenoxy) is 2. The molecule has 0 heterocycles. The van der Waals surface area contributed by atoms with Crippen LogP contribution in [0.2, 0.25) is 0 Å². The van der Waals surface area contributed by atoms with E-state index < -0.39 is 18.9 Å². The van der Waals surface area contributed by atoms with Gasteiger partial charge in [-0.25, -0.2) is 0 Å². The molecule has 0 saturated heterocycles. The van der Waals surface area contributed by atoms with Crippen LogP contribution in [0.4, 0.5) is 13.2 Å². The molecule has 0 bridgehead atoms. The quantitative estimate of drug-likeness (QED) is 0.722. The summed E-state index contributed by atoms with van der Waals surface area (Å²) >= 11 is 0. The fourth-order valence-electron chi connectivity index (χ4n) is 0.799. The van der Waals surface area contributed by atoms with Crippen LogP contribution in [0.3, 0.4) is 0 Å². The zero-order valence-electron chi connectivity index (χ0n) is 8.88. The Morgan fingerprint density at radius 1 is 1.07 bits per heavy atom. The highest BCUT2D eigenvalue weighted by Crippen LogP contribution is 2.14. The Morgan fingerprint density at radius 2 is 1.60 bits per heavy atom. The van der Waals surface area contributed by atoms with E-state index in [1.165, 1.54) is 0 Å². The summed E-state index contributed by atoms with van der Waals surface area (Å²) in [5, 5.41) is 9.14. The Morgan fingerprint density at radius 3 is 2.07 bits per heavy atom. The van der Waals surface area contributed by atoms with E-state index in [2.05, 4.69) is 4.74 Å². The fourth-order valence-corrected chi connectivity index (χ4v) is 0.799. The third-order valence-corrected chi connectivity index (χ3v) is 1.34. The van der Waals surface area contributed by atoms with Gasteiger partial charge in [-0.05, 0) is 5.92 Å². The van der Waals surface area contributed by atoms with Gasteiger partial charge in [-0.3, -0.25) is 0 Å². The molecule has 0 rings (SSSR count). The van der Waals surface area contributed by atoms with Crippen LogP contribution < -0.4 is 0 Å². The molecule has 0 spiro atoms. The van der Waals surface area contributed by atoms with Crippen molar-refractivity contribution in [2.45, 2.75) is 26.1 Å². The lowest BCUT2D eigenvalue weighted by Crippen LogP contribution is -2.26. The molecule has 0 aliphatic rings. The molecule has 0 aromatic heterocycles. The Kier molecular flexibility index (Phi) is 6.87. The molecule has 0 fully saturated rings. The van der Waals surface area contributed by atoms with E-state index in [1.807, 2.05) is 13.8 Å². The fraction of sp³-hybridized carbons (Fsp3) is 1.00. The molecule has 0 aliphatic heterocycles. The van der Waals surface area contributed by atoms with E-state index in [-0.39, 0.29) is 13.2 Å². The van der Waals surface area contributed by atoms with Crippen LogP contribution >= 0.6 is 0 Å². The predicted octanol–water partition coefficient (Wildman–Crippen LogP) is 1.60. The molecule has 92 valence electrons. The zero-order chi connectivity index (χ0) is 11.9. The summed E-state index contributed by atoms with van der Waals surface area (Å²) in [4.78, 5) is 0. The van der Waals surface area contributed by atoms with Gasteiger partial charge in [0.1, 0.15) is 12.7 Å². The lowest BCUT2D eigenvalue weighted by atomic mass is 10.2. The largest absolute Gasteiger partial charge is 0.411 e. The molecule has 0 amide bonds. The van der Waals surface area contributed by atoms with Crippen LogP contribution in [0.5, 0.6) is 0 Å². The smallest absolute Gasteiger partial charge is 0.388 e. The first-order chi connectivity index (χ1) is 6.81. The van der Waals surface area contributed by atoms with Gasteiger partial charge in [0.05, 0.1) is 13.2 Å². The van der Waals surface area contributed by atoms with Crippen molar-refractivity contribution in [2.75, 3.05) is 26.4 Å². The lowest BCUT2D eigenvalue weighted by molar-refractivity contribution is -0.180. The number of rotatable bonds is 7. The lowest BCUT2D eigenvalue weighted by Gasteiger charge is -2.13. The average molecular weight is 230 g/mol. The number of hydrogen-bond acceptors (Lipinski definition) is 3. The summed E-state index contributed by atoms with van der Waals surface area (Å²) in [5.74, 6) is 0.327. The molecule has 15 heavy (non-hydrogen) atoms. The third kappa shape index (κ3) is 11.6. The van der Waals surface area contributed by atoms with Crippen molar-refractivity contribution in [1.82, 2.24) is 0 Å². The van der Waals surface area contributed by atoms with Gasteiger partial charge in [-0.1, -0.05) is 13.8 Å². The summed E-state index contributed by atoms with van der Waals surface area (Å²) in [7, 11) is 0. The standard InChI is InChI=1S/C9H17F3O3/c1-7(2)3-14-4-8(13)5-15-6-9(10,11)12/h7-8,13H,3-6H2,1-2H3/t8-/m0/s1. The van der Waals surface area contributed by atoms with Gasteiger partial charge < -0.3 is 14.6 Å². The van der Waals surface area contributed by atoms with Crippen LogP contribution in [-0.2, 0) is 9.47 Å². The molecule has 0 aliphatic carbocycles. The van der Waals surface area contributed by atoms with Crippen molar-refractivity contribution in [3.05, 3.63) is 0 Å². The minimum Gasteiger partial charge on any atom is -0.388 e. The van der Waals surface area contributed by atoms with E-state index in [1.54, 1.807) is 0 Å². The molecule has 1 N–H and O–H groups in total. The van der Waals surface area contributed by atoms with Crippen LogP contribution in [-0.4, -0.2) is 43.8 Å². The summed E-state index contributed by atoms with van der Waals surface area (Å²) in [6.45, 7) is 2.64. The maximum atomic E-state index is 11.6. The van der Waals surface area contributed by atoms with Crippen molar-refractivity contribution in [2.24, 2.45) is 5.92 Å².